The van der Waals surface area contributed by atoms with E-state index in [4.69, 9.17) is 4.74 Å². The first-order valence-electron chi connectivity index (χ1n) is 7.74. The average Bonchev–Trinajstić information content (AvgIpc) is 2.54. The van der Waals surface area contributed by atoms with E-state index in [1.807, 2.05) is 0 Å². The van der Waals surface area contributed by atoms with Gasteiger partial charge < -0.3 is 15.4 Å². The third kappa shape index (κ3) is 5.16. The van der Waals surface area contributed by atoms with Crippen molar-refractivity contribution in [2.75, 3.05) is 20.2 Å². The molecule has 0 radical (unpaired) electrons. The molecule has 0 spiro atoms. The number of rotatable bonds is 5. The third-order valence-electron chi connectivity index (χ3n) is 3.72. The summed E-state index contributed by atoms with van der Waals surface area (Å²) in [5.74, 6) is -0.709. The standard InChI is InChI=1S/C16H23F2N3O/c1-19-16(21-12-5-3-2-4-6-12)20-9-10-22-13-7-8-14(17)15(18)11-13/h7-8,11-12H,2-6,9-10H2,1H3,(H2,19,20,21). The number of aliphatic imine (C=N–C) groups is 1. The van der Waals surface area contributed by atoms with Gasteiger partial charge in [-0.05, 0) is 25.0 Å². The molecule has 122 valence electrons. The third-order valence-corrected chi connectivity index (χ3v) is 3.72. The van der Waals surface area contributed by atoms with Gasteiger partial charge in [-0.3, -0.25) is 4.99 Å². The molecule has 0 aromatic heterocycles. The van der Waals surface area contributed by atoms with E-state index in [2.05, 4.69) is 15.6 Å². The van der Waals surface area contributed by atoms with Crippen LogP contribution < -0.4 is 15.4 Å². The lowest BCUT2D eigenvalue weighted by atomic mass is 9.96. The summed E-state index contributed by atoms with van der Waals surface area (Å²) in [7, 11) is 1.73. The molecule has 1 aromatic rings. The number of nitrogens with zero attached hydrogens (tertiary/aromatic N) is 1. The molecule has 4 nitrogen and oxygen atoms in total. The van der Waals surface area contributed by atoms with E-state index >= 15 is 0 Å². The van der Waals surface area contributed by atoms with Gasteiger partial charge in [-0.15, -0.1) is 0 Å². The van der Waals surface area contributed by atoms with Crippen molar-refractivity contribution in [3.05, 3.63) is 29.8 Å². The first-order chi connectivity index (χ1) is 10.7. The molecule has 0 amide bonds. The van der Waals surface area contributed by atoms with Crippen molar-refractivity contribution in [2.24, 2.45) is 4.99 Å². The Bertz CT molecular complexity index is 502. The molecule has 2 N–H and O–H groups in total. The van der Waals surface area contributed by atoms with E-state index < -0.39 is 11.6 Å². The molecular weight excluding hydrogens is 288 g/mol. The Hall–Kier alpha value is -1.85. The minimum atomic E-state index is -0.903. The first kappa shape index (κ1) is 16.5. The lowest BCUT2D eigenvalue weighted by molar-refractivity contribution is 0.318. The van der Waals surface area contributed by atoms with E-state index in [-0.39, 0.29) is 0 Å². The molecule has 6 heteroatoms. The summed E-state index contributed by atoms with van der Waals surface area (Å²) in [5, 5.41) is 6.55. The van der Waals surface area contributed by atoms with Gasteiger partial charge in [0, 0.05) is 19.2 Å². The topological polar surface area (TPSA) is 45.7 Å². The predicted molar refractivity (Wildman–Crippen MR) is 83.2 cm³/mol. The average molecular weight is 311 g/mol. The van der Waals surface area contributed by atoms with Crippen LogP contribution in [0.2, 0.25) is 0 Å². The molecule has 0 atom stereocenters. The lowest BCUT2D eigenvalue weighted by Gasteiger charge is -2.24. The lowest BCUT2D eigenvalue weighted by Crippen LogP contribution is -2.45. The monoisotopic (exact) mass is 311 g/mol. The second-order valence-corrected chi connectivity index (χ2v) is 5.40. The molecule has 0 unspecified atom stereocenters. The summed E-state index contributed by atoms with van der Waals surface area (Å²) in [6.45, 7) is 0.877. The smallest absolute Gasteiger partial charge is 0.191 e. The molecule has 1 aliphatic carbocycles. The zero-order valence-corrected chi connectivity index (χ0v) is 12.9. The van der Waals surface area contributed by atoms with Crippen molar-refractivity contribution in [3.8, 4) is 5.75 Å². The van der Waals surface area contributed by atoms with Crippen molar-refractivity contribution in [1.29, 1.82) is 0 Å². The summed E-state index contributed by atoms with van der Waals surface area (Å²) >= 11 is 0. The second-order valence-electron chi connectivity index (χ2n) is 5.40. The van der Waals surface area contributed by atoms with Crippen molar-refractivity contribution in [1.82, 2.24) is 10.6 Å². The molecule has 1 aromatic carbocycles. The number of guanidine groups is 1. The largest absolute Gasteiger partial charge is 0.492 e. The van der Waals surface area contributed by atoms with Crippen molar-refractivity contribution in [3.63, 3.8) is 0 Å². The van der Waals surface area contributed by atoms with Crippen LogP contribution in [0.3, 0.4) is 0 Å². The molecule has 1 fully saturated rings. The zero-order chi connectivity index (χ0) is 15.8. The zero-order valence-electron chi connectivity index (χ0n) is 12.9. The highest BCUT2D eigenvalue weighted by Crippen LogP contribution is 2.17. The Labute approximate surface area is 130 Å². The number of halogens is 2. The SMILES string of the molecule is CN=C(NCCOc1ccc(F)c(F)c1)NC1CCCCC1. The van der Waals surface area contributed by atoms with Crippen LogP contribution >= 0.6 is 0 Å². The maximum Gasteiger partial charge on any atom is 0.191 e. The summed E-state index contributed by atoms with van der Waals surface area (Å²) in [5.41, 5.74) is 0. The molecule has 22 heavy (non-hydrogen) atoms. The van der Waals surface area contributed by atoms with Gasteiger partial charge in [0.25, 0.3) is 0 Å². The van der Waals surface area contributed by atoms with Gasteiger partial charge in [0.15, 0.2) is 17.6 Å². The predicted octanol–water partition coefficient (Wildman–Crippen LogP) is 2.84. The van der Waals surface area contributed by atoms with E-state index in [9.17, 15) is 8.78 Å². The van der Waals surface area contributed by atoms with Crippen molar-refractivity contribution >= 4 is 5.96 Å². The van der Waals surface area contributed by atoms with Crippen molar-refractivity contribution < 1.29 is 13.5 Å². The van der Waals surface area contributed by atoms with Crippen LogP contribution in [-0.2, 0) is 0 Å². The maximum absolute atomic E-state index is 13.0. The minimum Gasteiger partial charge on any atom is -0.492 e. The number of ether oxygens (including phenoxy) is 1. The summed E-state index contributed by atoms with van der Waals surface area (Å²) in [4.78, 5) is 4.18. The van der Waals surface area contributed by atoms with Crippen LogP contribution in [0.4, 0.5) is 8.78 Å². The van der Waals surface area contributed by atoms with Crippen LogP contribution in [0.1, 0.15) is 32.1 Å². The Morgan fingerprint density at radius 1 is 1.23 bits per heavy atom. The van der Waals surface area contributed by atoms with Gasteiger partial charge in [-0.2, -0.15) is 0 Å². The molecule has 1 saturated carbocycles. The Morgan fingerprint density at radius 2 is 2.00 bits per heavy atom. The van der Waals surface area contributed by atoms with E-state index in [1.54, 1.807) is 7.05 Å². The van der Waals surface area contributed by atoms with Crippen LogP contribution in [-0.4, -0.2) is 32.2 Å². The van der Waals surface area contributed by atoms with Crippen molar-refractivity contribution in [2.45, 2.75) is 38.1 Å². The van der Waals surface area contributed by atoms with Crippen LogP contribution in [0, 0.1) is 11.6 Å². The Kier molecular flexibility index (Phi) is 6.43. The molecule has 0 saturated heterocycles. The highest BCUT2D eigenvalue weighted by atomic mass is 19.2. The molecule has 0 heterocycles. The van der Waals surface area contributed by atoms with Gasteiger partial charge in [0.1, 0.15) is 12.4 Å². The van der Waals surface area contributed by atoms with Crippen LogP contribution in [0.25, 0.3) is 0 Å². The first-order valence-corrected chi connectivity index (χ1v) is 7.74. The number of benzene rings is 1. The fraction of sp³-hybridized carbons (Fsp3) is 0.562. The van der Waals surface area contributed by atoms with Gasteiger partial charge >= 0.3 is 0 Å². The maximum atomic E-state index is 13.0. The van der Waals surface area contributed by atoms with Gasteiger partial charge in [0.2, 0.25) is 0 Å². The Balaban J connectivity index is 1.68. The number of hydrogen-bond acceptors (Lipinski definition) is 2. The molecule has 2 rings (SSSR count). The molecule has 0 bridgehead atoms. The molecule has 0 aliphatic heterocycles. The van der Waals surface area contributed by atoms with Gasteiger partial charge in [-0.1, -0.05) is 19.3 Å². The summed E-state index contributed by atoms with van der Waals surface area (Å²) in [6.07, 6.45) is 6.17. The second kappa shape index (κ2) is 8.56. The highest BCUT2D eigenvalue weighted by Gasteiger charge is 2.14. The van der Waals surface area contributed by atoms with Gasteiger partial charge in [0.05, 0.1) is 6.54 Å². The quantitative estimate of drug-likeness (QED) is 0.499. The fourth-order valence-corrected chi connectivity index (χ4v) is 2.54. The number of hydrogen-bond donors (Lipinski definition) is 2. The van der Waals surface area contributed by atoms with E-state index in [1.165, 1.54) is 38.2 Å². The Morgan fingerprint density at radius 3 is 2.68 bits per heavy atom. The summed E-state index contributed by atoms with van der Waals surface area (Å²) < 4.78 is 31.2. The fourth-order valence-electron chi connectivity index (χ4n) is 2.54. The number of nitrogens with one attached hydrogen (secondary N) is 2. The van der Waals surface area contributed by atoms with Crippen LogP contribution in [0.5, 0.6) is 5.75 Å². The summed E-state index contributed by atoms with van der Waals surface area (Å²) in [6, 6.07) is 3.99. The minimum absolute atomic E-state index is 0.316. The van der Waals surface area contributed by atoms with Gasteiger partial charge in [-0.25, -0.2) is 8.78 Å². The molecular formula is C16H23F2N3O. The molecule has 1 aliphatic rings. The van der Waals surface area contributed by atoms with Crippen LogP contribution in [0.15, 0.2) is 23.2 Å². The highest BCUT2D eigenvalue weighted by molar-refractivity contribution is 5.79. The van der Waals surface area contributed by atoms with E-state index in [0.717, 1.165) is 18.1 Å². The van der Waals surface area contributed by atoms with E-state index in [0.29, 0.717) is 24.9 Å². The normalized spacial score (nSPS) is 16.4.